The molecule has 0 spiro atoms. The standard InChI is InChI=1S/C26H32N4O4/c1-26(2,3)34-25(31)12-13-29-14-15-32-24(16-29)21-6-10-23(11-7-21)33-17-20-4-8-22(9-5-20)30-19-27-18-28-30/h4-11,18-19,24H,12-17H2,1-3H3. The highest BCUT2D eigenvalue weighted by atomic mass is 16.6. The van der Waals surface area contributed by atoms with E-state index in [9.17, 15) is 4.79 Å². The van der Waals surface area contributed by atoms with Crippen molar-refractivity contribution < 1.29 is 19.0 Å². The molecule has 8 heteroatoms. The molecule has 0 N–H and O–H groups in total. The van der Waals surface area contributed by atoms with Crippen LogP contribution in [0, 0.1) is 0 Å². The lowest BCUT2D eigenvalue weighted by Crippen LogP contribution is -2.39. The van der Waals surface area contributed by atoms with E-state index in [0.717, 1.165) is 35.7 Å². The molecule has 1 aliphatic rings. The molecule has 1 fully saturated rings. The molecule has 0 bridgehead atoms. The third-order valence-electron chi connectivity index (χ3n) is 5.48. The molecular formula is C26H32N4O4. The Labute approximate surface area is 200 Å². The van der Waals surface area contributed by atoms with Crippen molar-refractivity contribution in [2.75, 3.05) is 26.2 Å². The molecule has 2 aromatic carbocycles. The second-order valence-electron chi connectivity index (χ2n) is 9.36. The number of hydrogen-bond acceptors (Lipinski definition) is 7. The topological polar surface area (TPSA) is 78.7 Å². The minimum Gasteiger partial charge on any atom is -0.489 e. The first-order valence-electron chi connectivity index (χ1n) is 11.6. The van der Waals surface area contributed by atoms with E-state index in [1.54, 1.807) is 11.0 Å². The van der Waals surface area contributed by atoms with E-state index in [2.05, 4.69) is 15.0 Å². The van der Waals surface area contributed by atoms with Gasteiger partial charge in [0, 0.05) is 19.6 Å². The minimum atomic E-state index is -0.449. The van der Waals surface area contributed by atoms with Crippen molar-refractivity contribution in [1.29, 1.82) is 0 Å². The molecule has 8 nitrogen and oxygen atoms in total. The van der Waals surface area contributed by atoms with Crippen molar-refractivity contribution in [3.8, 4) is 11.4 Å². The Morgan fingerprint density at radius 3 is 2.56 bits per heavy atom. The molecule has 3 aromatic rings. The summed E-state index contributed by atoms with van der Waals surface area (Å²) in [5, 5.41) is 4.13. The van der Waals surface area contributed by atoms with Crippen LogP contribution in [0.5, 0.6) is 5.75 Å². The first kappa shape index (κ1) is 23.9. The average molecular weight is 465 g/mol. The summed E-state index contributed by atoms with van der Waals surface area (Å²) in [6, 6.07) is 16.1. The van der Waals surface area contributed by atoms with E-state index in [4.69, 9.17) is 14.2 Å². The number of ether oxygens (including phenoxy) is 3. The summed E-state index contributed by atoms with van der Waals surface area (Å²) in [5.41, 5.74) is 2.68. The summed E-state index contributed by atoms with van der Waals surface area (Å²) < 4.78 is 19.1. The summed E-state index contributed by atoms with van der Waals surface area (Å²) in [7, 11) is 0. The van der Waals surface area contributed by atoms with Gasteiger partial charge in [-0.15, -0.1) is 0 Å². The van der Waals surface area contributed by atoms with Gasteiger partial charge in [-0.3, -0.25) is 9.69 Å². The molecule has 1 aliphatic heterocycles. The molecule has 0 amide bonds. The number of morpholine rings is 1. The Balaban J connectivity index is 1.25. The van der Waals surface area contributed by atoms with Crippen molar-refractivity contribution in [2.24, 2.45) is 0 Å². The van der Waals surface area contributed by atoms with E-state index >= 15 is 0 Å². The zero-order valence-corrected chi connectivity index (χ0v) is 20.0. The van der Waals surface area contributed by atoms with Gasteiger partial charge in [0.15, 0.2) is 0 Å². The second kappa shape index (κ2) is 10.8. The van der Waals surface area contributed by atoms with Crippen molar-refractivity contribution in [2.45, 2.75) is 45.5 Å². The predicted octanol–water partition coefficient (Wildman–Crippen LogP) is 3.95. The molecule has 0 aliphatic carbocycles. The summed E-state index contributed by atoms with van der Waals surface area (Å²) in [6.07, 6.45) is 3.55. The Hall–Kier alpha value is -3.23. The van der Waals surface area contributed by atoms with Gasteiger partial charge in [-0.1, -0.05) is 24.3 Å². The largest absolute Gasteiger partial charge is 0.489 e. The van der Waals surface area contributed by atoms with Crippen LogP contribution >= 0.6 is 0 Å². The van der Waals surface area contributed by atoms with Gasteiger partial charge in [0.05, 0.1) is 24.8 Å². The van der Waals surface area contributed by atoms with Gasteiger partial charge >= 0.3 is 5.97 Å². The zero-order chi connectivity index (χ0) is 24.0. The first-order valence-corrected chi connectivity index (χ1v) is 11.6. The molecule has 34 heavy (non-hydrogen) atoms. The van der Waals surface area contributed by atoms with Gasteiger partial charge in [0.25, 0.3) is 0 Å². The van der Waals surface area contributed by atoms with Crippen LogP contribution in [0.25, 0.3) is 5.69 Å². The third kappa shape index (κ3) is 6.88. The lowest BCUT2D eigenvalue weighted by Gasteiger charge is -2.33. The molecule has 1 atom stereocenters. The van der Waals surface area contributed by atoms with E-state index in [1.165, 1.54) is 6.33 Å². The second-order valence-corrected chi connectivity index (χ2v) is 9.36. The van der Waals surface area contributed by atoms with Crippen LogP contribution in [0.2, 0.25) is 0 Å². The number of benzene rings is 2. The van der Waals surface area contributed by atoms with E-state index in [-0.39, 0.29) is 12.1 Å². The summed E-state index contributed by atoms with van der Waals surface area (Å²) in [6.45, 7) is 9.03. The molecule has 1 saturated heterocycles. The summed E-state index contributed by atoms with van der Waals surface area (Å²) in [5.74, 6) is 0.645. The maximum absolute atomic E-state index is 12.0. The van der Waals surface area contributed by atoms with Crippen LogP contribution in [0.15, 0.2) is 61.2 Å². The Morgan fingerprint density at radius 1 is 1.12 bits per heavy atom. The molecule has 2 heterocycles. The number of carbonyl (C=O) groups excluding carboxylic acids is 1. The fourth-order valence-electron chi connectivity index (χ4n) is 3.78. The third-order valence-corrected chi connectivity index (χ3v) is 5.48. The normalized spacial score (nSPS) is 16.9. The van der Waals surface area contributed by atoms with Gasteiger partial charge in [-0.25, -0.2) is 9.67 Å². The maximum atomic E-state index is 12.0. The quantitative estimate of drug-likeness (QED) is 0.467. The molecule has 0 saturated carbocycles. The van der Waals surface area contributed by atoms with Crippen molar-refractivity contribution in [1.82, 2.24) is 19.7 Å². The van der Waals surface area contributed by atoms with Crippen molar-refractivity contribution in [3.63, 3.8) is 0 Å². The van der Waals surface area contributed by atoms with Gasteiger partial charge in [-0.2, -0.15) is 5.10 Å². The number of rotatable bonds is 8. The fraction of sp³-hybridized carbons (Fsp3) is 0.423. The minimum absolute atomic E-state index is 0.0224. The molecule has 1 unspecified atom stereocenters. The zero-order valence-electron chi connectivity index (χ0n) is 20.0. The monoisotopic (exact) mass is 464 g/mol. The summed E-state index contributed by atoms with van der Waals surface area (Å²) >= 11 is 0. The SMILES string of the molecule is CC(C)(C)OC(=O)CCN1CCOC(c2ccc(OCc3ccc(-n4cncn4)cc3)cc2)C1. The van der Waals surface area contributed by atoms with Gasteiger partial charge in [0.2, 0.25) is 0 Å². The molecule has 0 radical (unpaired) electrons. The maximum Gasteiger partial charge on any atom is 0.307 e. The lowest BCUT2D eigenvalue weighted by molar-refractivity contribution is -0.155. The number of carbonyl (C=O) groups is 1. The summed E-state index contributed by atoms with van der Waals surface area (Å²) in [4.78, 5) is 18.2. The van der Waals surface area contributed by atoms with E-state index in [0.29, 0.717) is 26.2 Å². The smallest absolute Gasteiger partial charge is 0.307 e. The highest BCUT2D eigenvalue weighted by Gasteiger charge is 2.23. The van der Waals surface area contributed by atoms with Gasteiger partial charge < -0.3 is 14.2 Å². The highest BCUT2D eigenvalue weighted by Crippen LogP contribution is 2.25. The molecule has 1 aromatic heterocycles. The number of nitrogens with zero attached hydrogens (tertiary/aromatic N) is 4. The van der Waals surface area contributed by atoms with E-state index in [1.807, 2.05) is 69.3 Å². The number of hydrogen-bond donors (Lipinski definition) is 0. The first-order chi connectivity index (χ1) is 16.4. The molecule has 180 valence electrons. The van der Waals surface area contributed by atoms with Crippen LogP contribution in [-0.4, -0.2) is 57.5 Å². The van der Waals surface area contributed by atoms with Crippen LogP contribution in [0.1, 0.15) is 44.4 Å². The van der Waals surface area contributed by atoms with Crippen LogP contribution in [-0.2, 0) is 20.9 Å². The Kier molecular flexibility index (Phi) is 7.59. The van der Waals surface area contributed by atoms with Crippen LogP contribution < -0.4 is 4.74 Å². The predicted molar refractivity (Wildman–Crippen MR) is 128 cm³/mol. The molecular weight excluding hydrogens is 432 g/mol. The van der Waals surface area contributed by atoms with Gasteiger partial charge in [0.1, 0.15) is 30.6 Å². The van der Waals surface area contributed by atoms with Crippen LogP contribution in [0.4, 0.5) is 0 Å². The average Bonchev–Trinajstić information content (AvgIpc) is 3.36. The van der Waals surface area contributed by atoms with Gasteiger partial charge in [-0.05, 0) is 56.2 Å². The Morgan fingerprint density at radius 2 is 1.88 bits per heavy atom. The Bertz CT molecular complexity index is 1040. The highest BCUT2D eigenvalue weighted by molar-refractivity contribution is 5.70. The van der Waals surface area contributed by atoms with E-state index < -0.39 is 5.60 Å². The van der Waals surface area contributed by atoms with Crippen molar-refractivity contribution in [3.05, 3.63) is 72.3 Å². The van der Waals surface area contributed by atoms with Crippen LogP contribution in [0.3, 0.4) is 0 Å². The number of aromatic nitrogens is 3. The lowest BCUT2D eigenvalue weighted by atomic mass is 10.1. The molecule has 4 rings (SSSR count). The number of esters is 1. The fourth-order valence-corrected chi connectivity index (χ4v) is 3.78. The van der Waals surface area contributed by atoms with Crippen molar-refractivity contribution >= 4 is 5.97 Å².